The lowest BCUT2D eigenvalue weighted by Crippen LogP contribution is -2.32. The van der Waals surface area contributed by atoms with E-state index in [0.717, 1.165) is 17.7 Å². The predicted molar refractivity (Wildman–Crippen MR) is 74.9 cm³/mol. The Bertz CT molecular complexity index is 418. The maximum atomic E-state index is 12.4. The van der Waals surface area contributed by atoms with Crippen LogP contribution in [0.25, 0.3) is 0 Å². The summed E-state index contributed by atoms with van der Waals surface area (Å²) in [5.41, 5.74) is 0.113. The highest BCUT2D eigenvalue weighted by molar-refractivity contribution is 5.24. The molecular formula is C15H22F3NO2. The number of hydrogen-bond donors (Lipinski definition) is 1. The molecule has 0 bridgehead atoms. The second-order valence-electron chi connectivity index (χ2n) is 5.43. The maximum absolute atomic E-state index is 12.4. The van der Waals surface area contributed by atoms with E-state index in [1.165, 1.54) is 12.1 Å². The third-order valence-corrected chi connectivity index (χ3v) is 2.88. The van der Waals surface area contributed by atoms with Crippen molar-refractivity contribution < 1.29 is 23.0 Å². The molecule has 6 heteroatoms. The first-order chi connectivity index (χ1) is 9.68. The summed E-state index contributed by atoms with van der Waals surface area (Å²) < 4.78 is 42.6. The van der Waals surface area contributed by atoms with Gasteiger partial charge in [-0.1, -0.05) is 12.1 Å². The van der Waals surface area contributed by atoms with E-state index < -0.39 is 17.8 Å². The number of hydrogen-bond acceptors (Lipinski definition) is 3. The normalized spacial score (nSPS) is 14.0. The molecule has 0 amide bonds. The van der Waals surface area contributed by atoms with Crippen LogP contribution < -0.4 is 0 Å². The SMILES string of the molecule is CC(C)OCC(O)CN(C)Cc1ccc(C(F)(F)F)cc1. The van der Waals surface area contributed by atoms with Crippen LogP contribution in [-0.2, 0) is 17.5 Å². The molecule has 120 valence electrons. The van der Waals surface area contributed by atoms with Crippen molar-refractivity contribution in [2.24, 2.45) is 0 Å². The number of benzene rings is 1. The third kappa shape index (κ3) is 6.93. The summed E-state index contributed by atoms with van der Waals surface area (Å²) in [6.07, 6.45) is -4.87. The molecule has 0 aromatic heterocycles. The van der Waals surface area contributed by atoms with Crippen molar-refractivity contribution in [1.29, 1.82) is 0 Å². The van der Waals surface area contributed by atoms with Gasteiger partial charge in [0.15, 0.2) is 0 Å². The second-order valence-corrected chi connectivity index (χ2v) is 5.43. The first-order valence-corrected chi connectivity index (χ1v) is 6.83. The average Bonchev–Trinajstić information content (AvgIpc) is 2.35. The summed E-state index contributed by atoms with van der Waals surface area (Å²) in [6, 6.07) is 5.05. The van der Waals surface area contributed by atoms with Crippen molar-refractivity contribution >= 4 is 0 Å². The van der Waals surface area contributed by atoms with Gasteiger partial charge in [0, 0.05) is 13.1 Å². The number of aliphatic hydroxyl groups is 1. The molecule has 1 aromatic rings. The van der Waals surface area contributed by atoms with Crippen LogP contribution >= 0.6 is 0 Å². The van der Waals surface area contributed by atoms with Crippen molar-refractivity contribution in [2.45, 2.75) is 38.8 Å². The lowest BCUT2D eigenvalue weighted by atomic mass is 10.1. The Hall–Kier alpha value is -1.11. The smallest absolute Gasteiger partial charge is 0.389 e. The number of nitrogens with zero attached hydrogens (tertiary/aromatic N) is 1. The van der Waals surface area contributed by atoms with Gasteiger partial charge in [0.05, 0.1) is 24.4 Å². The van der Waals surface area contributed by atoms with Gasteiger partial charge >= 0.3 is 6.18 Å². The Balaban J connectivity index is 2.46. The van der Waals surface area contributed by atoms with Crippen LogP contribution in [0.15, 0.2) is 24.3 Å². The van der Waals surface area contributed by atoms with Crippen molar-refractivity contribution in [1.82, 2.24) is 4.90 Å². The summed E-state index contributed by atoms with van der Waals surface area (Å²) in [6.45, 7) is 4.89. The van der Waals surface area contributed by atoms with E-state index in [1.54, 1.807) is 7.05 Å². The maximum Gasteiger partial charge on any atom is 0.416 e. The molecule has 1 aromatic carbocycles. The van der Waals surface area contributed by atoms with Crippen LogP contribution in [-0.4, -0.2) is 42.4 Å². The molecule has 0 aliphatic heterocycles. The van der Waals surface area contributed by atoms with Gasteiger partial charge in [0.25, 0.3) is 0 Å². The number of ether oxygens (including phenoxy) is 1. The molecule has 0 aliphatic carbocycles. The number of halogens is 3. The molecule has 1 rings (SSSR count). The van der Waals surface area contributed by atoms with Crippen molar-refractivity contribution in [2.75, 3.05) is 20.2 Å². The van der Waals surface area contributed by atoms with E-state index in [2.05, 4.69) is 0 Å². The molecule has 21 heavy (non-hydrogen) atoms. The zero-order valence-corrected chi connectivity index (χ0v) is 12.5. The third-order valence-electron chi connectivity index (χ3n) is 2.88. The summed E-state index contributed by atoms with van der Waals surface area (Å²) in [5.74, 6) is 0. The molecule has 0 saturated heterocycles. The fraction of sp³-hybridized carbons (Fsp3) is 0.600. The van der Waals surface area contributed by atoms with Crippen molar-refractivity contribution in [3.05, 3.63) is 35.4 Å². The molecule has 0 fully saturated rings. The fourth-order valence-electron chi connectivity index (χ4n) is 1.89. The standard InChI is InChI=1S/C15H22F3NO2/c1-11(2)21-10-14(20)9-19(3)8-12-4-6-13(7-5-12)15(16,17)18/h4-7,11,14,20H,8-10H2,1-3H3. The quantitative estimate of drug-likeness (QED) is 0.841. The van der Waals surface area contributed by atoms with Gasteiger partial charge in [-0.25, -0.2) is 0 Å². The minimum absolute atomic E-state index is 0.0554. The average molecular weight is 305 g/mol. The summed E-state index contributed by atoms with van der Waals surface area (Å²) in [5, 5.41) is 9.78. The number of alkyl halides is 3. The van der Waals surface area contributed by atoms with E-state index in [1.807, 2.05) is 18.7 Å². The number of aliphatic hydroxyl groups excluding tert-OH is 1. The fourth-order valence-corrected chi connectivity index (χ4v) is 1.89. The summed E-state index contributed by atoms with van der Waals surface area (Å²) in [4.78, 5) is 1.84. The molecule has 1 atom stereocenters. The Morgan fingerprint density at radius 3 is 2.24 bits per heavy atom. The largest absolute Gasteiger partial charge is 0.416 e. The zero-order valence-electron chi connectivity index (χ0n) is 12.5. The Morgan fingerprint density at radius 1 is 1.19 bits per heavy atom. The Labute approximate surface area is 123 Å². The van der Waals surface area contributed by atoms with Crippen LogP contribution in [0.4, 0.5) is 13.2 Å². The first kappa shape index (κ1) is 17.9. The van der Waals surface area contributed by atoms with Gasteiger partial charge in [-0.15, -0.1) is 0 Å². The molecule has 0 spiro atoms. The molecule has 0 aliphatic rings. The van der Waals surface area contributed by atoms with Crippen LogP contribution in [0.3, 0.4) is 0 Å². The second kappa shape index (κ2) is 7.77. The van der Waals surface area contributed by atoms with Crippen LogP contribution in [0.1, 0.15) is 25.0 Å². The lowest BCUT2D eigenvalue weighted by Gasteiger charge is -2.21. The molecule has 0 saturated carbocycles. The molecule has 1 unspecified atom stereocenters. The Kier molecular flexibility index (Phi) is 6.64. The van der Waals surface area contributed by atoms with Gasteiger partial charge in [-0.2, -0.15) is 13.2 Å². The molecule has 0 radical (unpaired) electrons. The molecule has 0 heterocycles. The highest BCUT2D eigenvalue weighted by Crippen LogP contribution is 2.29. The van der Waals surface area contributed by atoms with Gasteiger partial charge in [0.2, 0.25) is 0 Å². The zero-order chi connectivity index (χ0) is 16.0. The predicted octanol–water partition coefficient (Wildman–Crippen LogP) is 2.92. The lowest BCUT2D eigenvalue weighted by molar-refractivity contribution is -0.137. The molecule has 1 N–H and O–H groups in total. The Morgan fingerprint density at radius 2 is 1.76 bits per heavy atom. The summed E-state index contributed by atoms with van der Waals surface area (Å²) in [7, 11) is 1.80. The van der Waals surface area contributed by atoms with Gasteiger partial charge in [-0.3, -0.25) is 4.90 Å². The van der Waals surface area contributed by atoms with Gasteiger partial charge in [0.1, 0.15) is 0 Å². The monoisotopic (exact) mass is 305 g/mol. The van der Waals surface area contributed by atoms with Gasteiger partial charge in [-0.05, 0) is 38.6 Å². The summed E-state index contributed by atoms with van der Waals surface area (Å²) >= 11 is 0. The van der Waals surface area contributed by atoms with Crippen LogP contribution in [0, 0.1) is 0 Å². The van der Waals surface area contributed by atoms with E-state index in [0.29, 0.717) is 13.1 Å². The minimum atomic E-state index is -4.31. The van der Waals surface area contributed by atoms with E-state index in [-0.39, 0.29) is 12.7 Å². The topological polar surface area (TPSA) is 32.7 Å². The van der Waals surface area contributed by atoms with E-state index in [4.69, 9.17) is 4.74 Å². The molecule has 3 nitrogen and oxygen atoms in total. The van der Waals surface area contributed by atoms with Crippen LogP contribution in [0.5, 0.6) is 0 Å². The minimum Gasteiger partial charge on any atom is -0.389 e. The van der Waals surface area contributed by atoms with Crippen molar-refractivity contribution in [3.8, 4) is 0 Å². The number of rotatable bonds is 7. The van der Waals surface area contributed by atoms with E-state index >= 15 is 0 Å². The highest BCUT2D eigenvalue weighted by atomic mass is 19.4. The number of likely N-dealkylation sites (N-methyl/N-ethyl adjacent to an activating group) is 1. The van der Waals surface area contributed by atoms with Gasteiger partial charge < -0.3 is 9.84 Å². The van der Waals surface area contributed by atoms with Crippen molar-refractivity contribution in [3.63, 3.8) is 0 Å². The highest BCUT2D eigenvalue weighted by Gasteiger charge is 2.29. The van der Waals surface area contributed by atoms with Crippen LogP contribution in [0.2, 0.25) is 0 Å². The molecular weight excluding hydrogens is 283 g/mol. The van der Waals surface area contributed by atoms with E-state index in [9.17, 15) is 18.3 Å². The first-order valence-electron chi connectivity index (χ1n) is 6.83.